The largest absolute Gasteiger partial charge is 0.463 e. The predicted octanol–water partition coefficient (Wildman–Crippen LogP) is 3.10. The number of carbonyl (C=O) groups is 1. The highest BCUT2D eigenvalue weighted by atomic mass is 16.5. The summed E-state index contributed by atoms with van der Waals surface area (Å²) in [6.07, 6.45) is 5.73. The third kappa shape index (κ3) is 6.46. The molecular formula is C12H20O2. The molecule has 80 valence electrons. The summed E-state index contributed by atoms with van der Waals surface area (Å²) in [5.41, 5.74) is 0.776. The molecule has 0 spiro atoms. The third-order valence-corrected chi connectivity index (χ3v) is 1.54. The zero-order chi connectivity index (χ0) is 11.2. The summed E-state index contributed by atoms with van der Waals surface area (Å²) in [7, 11) is 0. The van der Waals surface area contributed by atoms with Crippen molar-refractivity contribution >= 4 is 5.97 Å². The first kappa shape index (κ1) is 12.9. The first-order chi connectivity index (χ1) is 6.37. The fourth-order valence-corrected chi connectivity index (χ4v) is 0.794. The van der Waals surface area contributed by atoms with E-state index in [9.17, 15) is 4.79 Å². The van der Waals surface area contributed by atoms with Crippen LogP contribution < -0.4 is 0 Å². The second-order valence-electron chi connectivity index (χ2n) is 4.30. The first-order valence-electron chi connectivity index (χ1n) is 4.90. The highest BCUT2D eigenvalue weighted by molar-refractivity contribution is 5.88. The van der Waals surface area contributed by atoms with Crippen LogP contribution in [0.2, 0.25) is 0 Å². The minimum atomic E-state index is -0.244. The third-order valence-electron chi connectivity index (χ3n) is 1.54. The van der Waals surface area contributed by atoms with Crippen LogP contribution in [0.5, 0.6) is 0 Å². The molecule has 0 aliphatic rings. The van der Waals surface area contributed by atoms with Crippen LogP contribution in [0.15, 0.2) is 23.8 Å². The SMILES string of the molecule is CCOC(=O)/C(C)=C\C=C/C(C)(C)C. The molecule has 14 heavy (non-hydrogen) atoms. The van der Waals surface area contributed by atoms with E-state index in [1.165, 1.54) is 0 Å². The molecular weight excluding hydrogens is 176 g/mol. The maximum Gasteiger partial charge on any atom is 0.333 e. The molecule has 0 amide bonds. The molecule has 0 aromatic heterocycles. The van der Waals surface area contributed by atoms with Gasteiger partial charge in [0.05, 0.1) is 6.61 Å². The molecule has 2 heteroatoms. The van der Waals surface area contributed by atoms with Crippen LogP contribution in [0, 0.1) is 5.41 Å². The number of allylic oxidation sites excluding steroid dienone is 3. The van der Waals surface area contributed by atoms with Crippen LogP contribution in [0.3, 0.4) is 0 Å². The van der Waals surface area contributed by atoms with Crippen molar-refractivity contribution in [2.75, 3.05) is 6.61 Å². The lowest BCUT2D eigenvalue weighted by Crippen LogP contribution is -2.04. The van der Waals surface area contributed by atoms with Crippen LogP contribution in [-0.2, 0) is 9.53 Å². The molecule has 2 nitrogen and oxygen atoms in total. The van der Waals surface area contributed by atoms with Gasteiger partial charge in [0.2, 0.25) is 0 Å². The first-order valence-corrected chi connectivity index (χ1v) is 4.90. The molecule has 0 aliphatic carbocycles. The minimum absolute atomic E-state index is 0.144. The molecule has 0 bridgehead atoms. The highest BCUT2D eigenvalue weighted by Gasteiger charge is 2.04. The van der Waals surface area contributed by atoms with E-state index in [2.05, 4.69) is 26.8 Å². The van der Waals surface area contributed by atoms with E-state index in [1.807, 2.05) is 6.08 Å². The molecule has 0 aromatic carbocycles. The van der Waals surface area contributed by atoms with Gasteiger partial charge in [-0.1, -0.05) is 39.0 Å². The number of rotatable bonds is 3. The molecule has 0 aliphatic heterocycles. The number of ether oxygens (including phenoxy) is 1. The van der Waals surface area contributed by atoms with Gasteiger partial charge in [0, 0.05) is 5.57 Å². The maximum atomic E-state index is 11.2. The van der Waals surface area contributed by atoms with Crippen LogP contribution in [0.25, 0.3) is 0 Å². The Morgan fingerprint density at radius 3 is 2.36 bits per heavy atom. The zero-order valence-electron chi connectivity index (χ0n) is 9.76. The fourth-order valence-electron chi connectivity index (χ4n) is 0.794. The van der Waals surface area contributed by atoms with Crippen LogP contribution in [-0.4, -0.2) is 12.6 Å². The molecule has 0 rings (SSSR count). The second kappa shape index (κ2) is 5.63. The lowest BCUT2D eigenvalue weighted by atomic mass is 9.96. The zero-order valence-corrected chi connectivity index (χ0v) is 9.76. The van der Waals surface area contributed by atoms with Crippen molar-refractivity contribution in [1.82, 2.24) is 0 Å². The summed E-state index contributed by atoms with van der Waals surface area (Å²) < 4.78 is 4.85. The Morgan fingerprint density at radius 2 is 1.93 bits per heavy atom. The van der Waals surface area contributed by atoms with Crippen molar-refractivity contribution in [3.05, 3.63) is 23.8 Å². The summed E-state index contributed by atoms with van der Waals surface area (Å²) in [5.74, 6) is -0.244. The number of carbonyl (C=O) groups excluding carboxylic acids is 1. The Labute approximate surface area is 86.6 Å². The standard InChI is InChI=1S/C12H20O2/c1-6-14-11(13)10(2)8-7-9-12(3,4)5/h7-9H,6H2,1-5H3/b9-7-,10-8-. The quantitative estimate of drug-likeness (QED) is 0.394. The van der Waals surface area contributed by atoms with Gasteiger partial charge < -0.3 is 4.74 Å². The topological polar surface area (TPSA) is 26.3 Å². The molecule has 0 fully saturated rings. The van der Waals surface area contributed by atoms with Crippen LogP contribution in [0.4, 0.5) is 0 Å². The molecule has 0 N–H and O–H groups in total. The van der Waals surface area contributed by atoms with E-state index < -0.39 is 0 Å². The number of esters is 1. The van der Waals surface area contributed by atoms with E-state index in [1.54, 1.807) is 19.9 Å². The summed E-state index contributed by atoms with van der Waals surface area (Å²) in [4.78, 5) is 11.2. The van der Waals surface area contributed by atoms with Gasteiger partial charge in [0.25, 0.3) is 0 Å². The van der Waals surface area contributed by atoms with Crippen molar-refractivity contribution in [3.8, 4) is 0 Å². The number of hydrogen-bond donors (Lipinski definition) is 0. The Balaban J connectivity index is 4.25. The van der Waals surface area contributed by atoms with Crippen molar-refractivity contribution in [3.63, 3.8) is 0 Å². The van der Waals surface area contributed by atoms with Gasteiger partial charge in [-0.3, -0.25) is 0 Å². The summed E-state index contributed by atoms with van der Waals surface area (Å²) in [6.45, 7) is 10.3. The molecule has 0 atom stereocenters. The van der Waals surface area contributed by atoms with Gasteiger partial charge in [-0.15, -0.1) is 0 Å². The van der Waals surface area contributed by atoms with Crippen molar-refractivity contribution in [1.29, 1.82) is 0 Å². The number of hydrogen-bond acceptors (Lipinski definition) is 2. The van der Waals surface area contributed by atoms with Gasteiger partial charge >= 0.3 is 5.97 Å². The molecule has 0 radical (unpaired) electrons. The van der Waals surface area contributed by atoms with Gasteiger partial charge in [-0.05, 0) is 19.3 Å². The Bertz CT molecular complexity index is 242. The monoisotopic (exact) mass is 196 g/mol. The average molecular weight is 196 g/mol. The molecule has 0 aromatic rings. The van der Waals surface area contributed by atoms with E-state index in [4.69, 9.17) is 4.74 Å². The van der Waals surface area contributed by atoms with Crippen molar-refractivity contribution in [2.45, 2.75) is 34.6 Å². The Morgan fingerprint density at radius 1 is 1.36 bits per heavy atom. The van der Waals surface area contributed by atoms with E-state index in [-0.39, 0.29) is 11.4 Å². The smallest absolute Gasteiger partial charge is 0.333 e. The minimum Gasteiger partial charge on any atom is -0.463 e. The normalized spacial score (nSPS) is 13.4. The molecule has 0 saturated carbocycles. The van der Waals surface area contributed by atoms with Crippen LogP contribution >= 0.6 is 0 Å². The van der Waals surface area contributed by atoms with Gasteiger partial charge in [-0.25, -0.2) is 4.79 Å². The lowest BCUT2D eigenvalue weighted by molar-refractivity contribution is -0.138. The van der Waals surface area contributed by atoms with Gasteiger partial charge in [0.1, 0.15) is 0 Å². The van der Waals surface area contributed by atoms with Crippen molar-refractivity contribution < 1.29 is 9.53 Å². The molecule has 0 heterocycles. The Hall–Kier alpha value is -1.05. The average Bonchev–Trinajstić information content (AvgIpc) is 2.02. The molecule has 0 unspecified atom stereocenters. The summed E-state index contributed by atoms with van der Waals surface area (Å²) in [6, 6.07) is 0. The summed E-state index contributed by atoms with van der Waals surface area (Å²) >= 11 is 0. The Kier molecular flexibility index (Phi) is 5.21. The lowest BCUT2D eigenvalue weighted by Gasteiger charge is -2.10. The summed E-state index contributed by atoms with van der Waals surface area (Å²) in [5, 5.41) is 0. The predicted molar refractivity (Wildman–Crippen MR) is 59.0 cm³/mol. The van der Waals surface area contributed by atoms with Crippen molar-refractivity contribution in [2.24, 2.45) is 5.41 Å². The fraction of sp³-hybridized carbons (Fsp3) is 0.583. The van der Waals surface area contributed by atoms with Gasteiger partial charge in [0.15, 0.2) is 0 Å². The molecule has 0 saturated heterocycles. The maximum absolute atomic E-state index is 11.2. The van der Waals surface area contributed by atoms with E-state index in [0.29, 0.717) is 12.2 Å². The highest BCUT2D eigenvalue weighted by Crippen LogP contribution is 2.14. The van der Waals surface area contributed by atoms with Gasteiger partial charge in [-0.2, -0.15) is 0 Å². The second-order valence-corrected chi connectivity index (χ2v) is 4.30. The van der Waals surface area contributed by atoms with E-state index >= 15 is 0 Å². The van der Waals surface area contributed by atoms with Crippen LogP contribution in [0.1, 0.15) is 34.6 Å². The van der Waals surface area contributed by atoms with E-state index in [0.717, 1.165) is 0 Å².